The van der Waals surface area contributed by atoms with Gasteiger partial charge in [0.2, 0.25) is 10.0 Å². The van der Waals surface area contributed by atoms with Crippen molar-refractivity contribution in [2.45, 2.75) is 34.2 Å². The number of nitrogens with one attached hydrogen (secondary N) is 1. The first-order valence-electron chi connectivity index (χ1n) is 12.4. The molecule has 0 saturated heterocycles. The van der Waals surface area contributed by atoms with Gasteiger partial charge < -0.3 is 4.57 Å². The van der Waals surface area contributed by atoms with Gasteiger partial charge in [-0.1, -0.05) is 41.4 Å². The van der Waals surface area contributed by atoms with E-state index in [1.807, 2.05) is 19.9 Å². The number of rotatable bonds is 8. The Kier molecular flexibility index (Phi) is 8.28. The van der Waals surface area contributed by atoms with E-state index in [0.717, 1.165) is 34.5 Å². The molecule has 0 atom stereocenters. The molecule has 0 aliphatic carbocycles. The highest BCUT2D eigenvalue weighted by molar-refractivity contribution is 7.92. The lowest BCUT2D eigenvalue weighted by molar-refractivity contribution is 0.0955. The molecule has 1 amide bonds. The van der Waals surface area contributed by atoms with E-state index in [0.29, 0.717) is 16.3 Å². The maximum Gasteiger partial charge on any atom is 0.271 e. The van der Waals surface area contributed by atoms with E-state index in [1.54, 1.807) is 54.7 Å². The van der Waals surface area contributed by atoms with Crippen LogP contribution in [0.3, 0.4) is 0 Å². The molecule has 0 unspecified atom stereocenters. The number of carbonyl (C=O) groups excluding carboxylic acids is 1. The number of carbonyl (C=O) groups is 1. The van der Waals surface area contributed by atoms with Gasteiger partial charge in [-0.05, 0) is 87.4 Å². The lowest BCUT2D eigenvalue weighted by Crippen LogP contribution is -2.29. The lowest BCUT2D eigenvalue weighted by atomic mass is 10.1. The van der Waals surface area contributed by atoms with Crippen molar-refractivity contribution in [1.82, 2.24) is 9.99 Å². The van der Waals surface area contributed by atoms with E-state index in [9.17, 15) is 13.2 Å². The van der Waals surface area contributed by atoms with Crippen molar-refractivity contribution in [3.05, 3.63) is 117 Å². The summed E-state index contributed by atoms with van der Waals surface area (Å²) in [5, 5.41) is 4.74. The molecule has 1 N–H and O–H groups in total. The summed E-state index contributed by atoms with van der Waals surface area (Å²) < 4.78 is 28.4. The van der Waals surface area contributed by atoms with Gasteiger partial charge in [-0.25, -0.2) is 13.8 Å². The SMILES string of the molecule is Cc1ccc(-n2c(C)cc(/C=N\NC(=O)c3ccc(N(Cc4ccc(Cl)cc4)S(C)(=O)=O)cc3)c2C)c(C)c1. The summed E-state index contributed by atoms with van der Waals surface area (Å²) in [5.74, 6) is -0.399. The number of benzene rings is 3. The molecular weight excluding hydrogens is 532 g/mol. The van der Waals surface area contributed by atoms with Crippen molar-refractivity contribution in [1.29, 1.82) is 0 Å². The molecule has 9 heteroatoms. The highest BCUT2D eigenvalue weighted by Crippen LogP contribution is 2.24. The molecule has 7 nitrogen and oxygen atoms in total. The Morgan fingerprint density at radius 3 is 2.26 bits per heavy atom. The number of amides is 1. The van der Waals surface area contributed by atoms with Crippen LogP contribution in [0.5, 0.6) is 0 Å². The third-order valence-corrected chi connectivity index (χ3v) is 7.88. The van der Waals surface area contributed by atoms with Gasteiger partial charge in [0.25, 0.3) is 5.91 Å². The molecule has 0 saturated carbocycles. The van der Waals surface area contributed by atoms with E-state index >= 15 is 0 Å². The Bertz CT molecular complexity index is 1640. The number of nitrogens with zero attached hydrogens (tertiary/aromatic N) is 3. The quantitative estimate of drug-likeness (QED) is 0.208. The van der Waals surface area contributed by atoms with Gasteiger partial charge in [-0.2, -0.15) is 5.10 Å². The molecule has 3 aromatic carbocycles. The first-order valence-corrected chi connectivity index (χ1v) is 14.6. The van der Waals surface area contributed by atoms with Crippen LogP contribution in [0.25, 0.3) is 5.69 Å². The Labute approximate surface area is 234 Å². The Balaban J connectivity index is 1.47. The highest BCUT2D eigenvalue weighted by atomic mass is 35.5. The molecule has 39 heavy (non-hydrogen) atoms. The predicted octanol–water partition coefficient (Wildman–Crippen LogP) is 6.09. The average molecular weight is 563 g/mol. The third-order valence-electron chi connectivity index (χ3n) is 6.49. The van der Waals surface area contributed by atoms with Gasteiger partial charge >= 0.3 is 0 Å². The molecular formula is C30H31ClN4O3S. The minimum atomic E-state index is -3.56. The summed E-state index contributed by atoms with van der Waals surface area (Å²) in [7, 11) is -3.56. The molecule has 0 fully saturated rings. The zero-order valence-electron chi connectivity index (χ0n) is 22.6. The summed E-state index contributed by atoms with van der Waals surface area (Å²) in [6.07, 6.45) is 2.78. The van der Waals surface area contributed by atoms with Gasteiger partial charge in [-0.15, -0.1) is 0 Å². The zero-order chi connectivity index (χ0) is 28.3. The first-order chi connectivity index (χ1) is 18.4. The van der Waals surface area contributed by atoms with Gasteiger partial charge in [0.15, 0.2) is 0 Å². The standard InChI is InChI=1S/C30H31ClN4O3S/c1-20-6-15-29(21(2)16-20)35-22(3)17-26(23(35)4)18-32-33-30(36)25-9-13-28(14-10-25)34(39(5,37)38)19-24-7-11-27(31)12-8-24/h6-18H,19H2,1-5H3,(H,33,36)/b32-18-. The Hall–Kier alpha value is -3.88. The fourth-order valence-corrected chi connectivity index (χ4v) is 5.52. The van der Waals surface area contributed by atoms with Crippen molar-refractivity contribution < 1.29 is 13.2 Å². The van der Waals surface area contributed by atoms with E-state index in [2.05, 4.69) is 47.1 Å². The number of anilines is 1. The van der Waals surface area contributed by atoms with Gasteiger partial charge in [0, 0.05) is 33.2 Å². The monoisotopic (exact) mass is 562 g/mol. The zero-order valence-corrected chi connectivity index (χ0v) is 24.1. The molecule has 0 aliphatic heterocycles. The number of hydrogen-bond acceptors (Lipinski definition) is 4. The van der Waals surface area contributed by atoms with Crippen LogP contribution in [-0.4, -0.2) is 31.4 Å². The number of hydrogen-bond donors (Lipinski definition) is 1. The van der Waals surface area contributed by atoms with Crippen LogP contribution in [0, 0.1) is 27.7 Å². The molecule has 0 radical (unpaired) electrons. The maximum absolute atomic E-state index is 12.7. The second-order valence-corrected chi connectivity index (χ2v) is 11.9. The fourth-order valence-electron chi connectivity index (χ4n) is 4.51. The second-order valence-electron chi connectivity index (χ2n) is 9.59. The number of halogens is 1. The molecule has 0 aliphatic rings. The van der Waals surface area contributed by atoms with Crippen molar-refractivity contribution in [2.75, 3.05) is 10.6 Å². The van der Waals surface area contributed by atoms with Crippen molar-refractivity contribution in [3.63, 3.8) is 0 Å². The molecule has 0 spiro atoms. The summed E-state index contributed by atoms with van der Waals surface area (Å²) in [4.78, 5) is 12.7. The second kappa shape index (κ2) is 11.5. The van der Waals surface area contributed by atoms with Crippen LogP contribution in [0.15, 0.2) is 77.9 Å². The number of sulfonamides is 1. The lowest BCUT2D eigenvalue weighted by Gasteiger charge is -2.22. The summed E-state index contributed by atoms with van der Waals surface area (Å²) in [5.41, 5.74) is 10.6. The third kappa shape index (κ3) is 6.58. The topological polar surface area (TPSA) is 83.8 Å². The van der Waals surface area contributed by atoms with Crippen molar-refractivity contribution in [2.24, 2.45) is 5.10 Å². The van der Waals surface area contributed by atoms with Gasteiger partial charge in [0.1, 0.15) is 0 Å². The summed E-state index contributed by atoms with van der Waals surface area (Å²) in [6, 6.07) is 21.7. The van der Waals surface area contributed by atoms with E-state index in [1.165, 1.54) is 15.4 Å². The Morgan fingerprint density at radius 1 is 0.974 bits per heavy atom. The van der Waals surface area contributed by atoms with E-state index < -0.39 is 15.9 Å². The van der Waals surface area contributed by atoms with Crippen LogP contribution in [0.4, 0.5) is 5.69 Å². The fraction of sp³-hybridized carbons (Fsp3) is 0.200. The summed E-state index contributed by atoms with van der Waals surface area (Å²) in [6.45, 7) is 8.37. The Morgan fingerprint density at radius 2 is 1.64 bits per heavy atom. The molecule has 4 rings (SSSR count). The number of aryl methyl sites for hydroxylation is 3. The van der Waals surface area contributed by atoms with Crippen molar-refractivity contribution >= 4 is 39.4 Å². The minimum Gasteiger partial charge on any atom is -0.318 e. The summed E-state index contributed by atoms with van der Waals surface area (Å²) >= 11 is 5.94. The minimum absolute atomic E-state index is 0.145. The van der Waals surface area contributed by atoms with Gasteiger partial charge in [-0.3, -0.25) is 9.10 Å². The molecule has 1 aromatic heterocycles. The maximum atomic E-state index is 12.7. The first kappa shape index (κ1) is 28.1. The number of hydrazone groups is 1. The van der Waals surface area contributed by atoms with Crippen LogP contribution in [0.2, 0.25) is 5.02 Å². The van der Waals surface area contributed by atoms with Crippen molar-refractivity contribution in [3.8, 4) is 5.69 Å². The number of aromatic nitrogens is 1. The normalized spacial score (nSPS) is 11.6. The van der Waals surface area contributed by atoms with Crippen LogP contribution >= 0.6 is 11.6 Å². The van der Waals surface area contributed by atoms with Crippen LogP contribution < -0.4 is 9.73 Å². The molecule has 202 valence electrons. The highest BCUT2D eigenvalue weighted by Gasteiger charge is 2.19. The smallest absolute Gasteiger partial charge is 0.271 e. The average Bonchev–Trinajstić information content (AvgIpc) is 3.15. The van der Waals surface area contributed by atoms with E-state index in [-0.39, 0.29) is 6.54 Å². The van der Waals surface area contributed by atoms with E-state index in [4.69, 9.17) is 11.6 Å². The predicted molar refractivity (Wildman–Crippen MR) is 159 cm³/mol. The molecule has 4 aromatic rings. The molecule has 0 bridgehead atoms. The van der Waals surface area contributed by atoms with Gasteiger partial charge in [0.05, 0.1) is 24.7 Å². The van der Waals surface area contributed by atoms with Crippen LogP contribution in [0.1, 0.15) is 44.0 Å². The van der Waals surface area contributed by atoms with Crippen LogP contribution in [-0.2, 0) is 16.6 Å². The molecule has 1 heterocycles. The largest absolute Gasteiger partial charge is 0.318 e.